The smallest absolute Gasteiger partial charge is 0.223 e. The third-order valence-corrected chi connectivity index (χ3v) is 6.35. The van der Waals surface area contributed by atoms with Crippen LogP contribution in [0.3, 0.4) is 0 Å². The van der Waals surface area contributed by atoms with Gasteiger partial charge in [-0.1, -0.05) is 31.9 Å². The van der Waals surface area contributed by atoms with E-state index in [9.17, 15) is 4.79 Å². The molecular weight excluding hydrogens is 324 g/mol. The van der Waals surface area contributed by atoms with Crippen LogP contribution in [-0.2, 0) is 11.8 Å². The number of benzene rings is 1. The average molecular weight is 354 g/mol. The van der Waals surface area contributed by atoms with Crippen molar-refractivity contribution in [3.05, 3.63) is 24.3 Å². The molecule has 2 aromatic rings. The Morgan fingerprint density at radius 1 is 1.12 bits per heavy atom. The zero-order chi connectivity index (χ0) is 18.1. The summed E-state index contributed by atoms with van der Waals surface area (Å²) in [7, 11) is 2.08. The van der Waals surface area contributed by atoms with E-state index >= 15 is 0 Å². The molecular formula is C21H30N4O. The van der Waals surface area contributed by atoms with Crippen LogP contribution < -0.4 is 10.2 Å². The Morgan fingerprint density at radius 2 is 1.85 bits per heavy atom. The van der Waals surface area contributed by atoms with Gasteiger partial charge in [0.2, 0.25) is 11.9 Å². The van der Waals surface area contributed by atoms with Crippen molar-refractivity contribution in [2.45, 2.75) is 51.5 Å². The molecule has 0 bridgehead atoms. The monoisotopic (exact) mass is 354 g/mol. The molecule has 26 heavy (non-hydrogen) atoms. The average Bonchev–Trinajstić information content (AvgIpc) is 3.01. The molecule has 1 saturated heterocycles. The molecule has 2 atom stereocenters. The quantitative estimate of drug-likeness (QED) is 0.918. The van der Waals surface area contributed by atoms with Gasteiger partial charge >= 0.3 is 0 Å². The Labute approximate surface area is 155 Å². The largest absolute Gasteiger partial charge is 0.353 e. The van der Waals surface area contributed by atoms with E-state index in [1.807, 2.05) is 6.07 Å². The van der Waals surface area contributed by atoms with Crippen LogP contribution >= 0.6 is 0 Å². The van der Waals surface area contributed by atoms with E-state index in [0.29, 0.717) is 12.0 Å². The number of carbonyl (C=O) groups is 1. The first-order chi connectivity index (χ1) is 12.6. The highest BCUT2D eigenvalue weighted by Crippen LogP contribution is 2.27. The molecule has 1 amide bonds. The molecule has 1 aromatic carbocycles. The molecule has 1 aliphatic carbocycles. The van der Waals surface area contributed by atoms with Crippen molar-refractivity contribution >= 4 is 22.9 Å². The Balaban J connectivity index is 1.37. The number of carbonyl (C=O) groups excluding carboxylic acids is 1. The summed E-state index contributed by atoms with van der Waals surface area (Å²) in [5.41, 5.74) is 2.20. The van der Waals surface area contributed by atoms with Crippen molar-refractivity contribution < 1.29 is 4.79 Å². The summed E-state index contributed by atoms with van der Waals surface area (Å²) in [5, 5.41) is 3.35. The number of para-hydroxylation sites is 2. The second-order valence-electron chi connectivity index (χ2n) is 8.10. The third kappa shape index (κ3) is 3.31. The van der Waals surface area contributed by atoms with E-state index in [4.69, 9.17) is 4.98 Å². The SMILES string of the molecule is CC1CCCCC1NC(=O)C1CCN(c2nc3ccccc3n2C)CC1. The maximum absolute atomic E-state index is 12.7. The number of hydrogen-bond acceptors (Lipinski definition) is 3. The van der Waals surface area contributed by atoms with Crippen molar-refractivity contribution in [3.63, 3.8) is 0 Å². The lowest BCUT2D eigenvalue weighted by molar-refractivity contribution is -0.126. The highest BCUT2D eigenvalue weighted by molar-refractivity contribution is 5.80. The minimum absolute atomic E-state index is 0.148. The van der Waals surface area contributed by atoms with Crippen molar-refractivity contribution in [3.8, 4) is 0 Å². The Hall–Kier alpha value is -2.04. The zero-order valence-electron chi connectivity index (χ0n) is 15.9. The van der Waals surface area contributed by atoms with Crippen LogP contribution in [-0.4, -0.2) is 34.6 Å². The topological polar surface area (TPSA) is 50.2 Å². The minimum atomic E-state index is 0.148. The maximum atomic E-state index is 12.7. The molecule has 0 spiro atoms. The number of nitrogens with zero attached hydrogens (tertiary/aromatic N) is 3. The number of aryl methyl sites for hydroxylation is 1. The predicted molar refractivity (Wildman–Crippen MR) is 105 cm³/mol. The first-order valence-corrected chi connectivity index (χ1v) is 10.1. The van der Waals surface area contributed by atoms with Gasteiger partial charge in [0.15, 0.2) is 0 Å². The van der Waals surface area contributed by atoms with Gasteiger partial charge in [-0.25, -0.2) is 4.98 Å². The van der Waals surface area contributed by atoms with Crippen molar-refractivity contribution in [1.82, 2.24) is 14.9 Å². The second-order valence-corrected chi connectivity index (χ2v) is 8.10. The fraction of sp³-hybridized carbons (Fsp3) is 0.619. The fourth-order valence-electron chi connectivity index (χ4n) is 4.59. The first-order valence-electron chi connectivity index (χ1n) is 10.1. The van der Waals surface area contributed by atoms with Gasteiger partial charge in [-0.3, -0.25) is 4.79 Å². The van der Waals surface area contributed by atoms with Crippen LogP contribution in [0.15, 0.2) is 24.3 Å². The standard InChI is InChI=1S/C21H30N4O/c1-15-7-3-4-8-17(15)22-20(26)16-11-13-25(14-12-16)21-23-18-9-5-6-10-19(18)24(21)2/h5-6,9-10,15-17H,3-4,7-8,11-14H2,1-2H3,(H,22,26). The molecule has 140 valence electrons. The van der Waals surface area contributed by atoms with Gasteiger partial charge in [-0.15, -0.1) is 0 Å². The van der Waals surface area contributed by atoms with Gasteiger partial charge in [0.25, 0.3) is 0 Å². The third-order valence-electron chi connectivity index (χ3n) is 6.35. The minimum Gasteiger partial charge on any atom is -0.353 e. The van der Waals surface area contributed by atoms with E-state index in [1.54, 1.807) is 0 Å². The normalized spacial score (nSPS) is 24.8. The number of piperidine rings is 1. The highest BCUT2D eigenvalue weighted by atomic mass is 16.2. The van der Waals surface area contributed by atoms with Crippen molar-refractivity contribution in [1.29, 1.82) is 0 Å². The van der Waals surface area contributed by atoms with Crippen LogP contribution in [0.5, 0.6) is 0 Å². The van der Waals surface area contributed by atoms with Gasteiger partial charge in [-0.2, -0.15) is 0 Å². The summed E-state index contributed by atoms with van der Waals surface area (Å²) in [5.74, 6) is 2.06. The van der Waals surface area contributed by atoms with E-state index in [2.05, 4.69) is 47.0 Å². The maximum Gasteiger partial charge on any atom is 0.223 e. The van der Waals surface area contributed by atoms with Gasteiger partial charge in [0.1, 0.15) is 0 Å². The van der Waals surface area contributed by atoms with Crippen molar-refractivity contribution in [2.75, 3.05) is 18.0 Å². The molecule has 2 fully saturated rings. The summed E-state index contributed by atoms with van der Waals surface area (Å²) in [6.45, 7) is 4.07. The first kappa shape index (κ1) is 17.4. The molecule has 1 aliphatic heterocycles. The van der Waals surface area contributed by atoms with Crippen LogP contribution in [0.4, 0.5) is 5.95 Å². The lowest BCUT2D eigenvalue weighted by Gasteiger charge is -2.34. The summed E-state index contributed by atoms with van der Waals surface area (Å²) in [6, 6.07) is 8.63. The Bertz CT molecular complexity index is 775. The van der Waals surface area contributed by atoms with Crippen molar-refractivity contribution in [2.24, 2.45) is 18.9 Å². The number of anilines is 1. The van der Waals surface area contributed by atoms with Gasteiger partial charge in [0, 0.05) is 32.1 Å². The van der Waals surface area contributed by atoms with E-state index < -0.39 is 0 Å². The molecule has 4 rings (SSSR count). The lowest BCUT2D eigenvalue weighted by atomic mass is 9.85. The van der Waals surface area contributed by atoms with E-state index in [1.165, 1.54) is 19.3 Å². The summed E-state index contributed by atoms with van der Waals surface area (Å²) in [6.07, 6.45) is 6.78. The molecule has 1 saturated carbocycles. The van der Waals surface area contributed by atoms with E-state index in [-0.39, 0.29) is 11.8 Å². The summed E-state index contributed by atoms with van der Waals surface area (Å²) < 4.78 is 2.17. The number of aromatic nitrogens is 2. The number of amides is 1. The molecule has 2 aliphatic rings. The number of rotatable bonds is 3. The molecule has 2 heterocycles. The van der Waals surface area contributed by atoms with Crippen LogP contribution in [0.1, 0.15) is 45.4 Å². The molecule has 5 heteroatoms. The summed E-state index contributed by atoms with van der Waals surface area (Å²) >= 11 is 0. The van der Waals surface area contributed by atoms with E-state index in [0.717, 1.165) is 49.3 Å². The Morgan fingerprint density at radius 3 is 2.58 bits per heavy atom. The number of imidazole rings is 1. The predicted octanol–water partition coefficient (Wildman–Crippen LogP) is 3.48. The zero-order valence-corrected chi connectivity index (χ0v) is 15.9. The summed E-state index contributed by atoms with van der Waals surface area (Å²) in [4.78, 5) is 19.8. The van der Waals surface area contributed by atoms with Gasteiger partial charge in [0.05, 0.1) is 11.0 Å². The Kier molecular flexibility index (Phi) is 4.88. The molecule has 1 aromatic heterocycles. The van der Waals surface area contributed by atoms with Crippen LogP contribution in [0, 0.1) is 11.8 Å². The number of hydrogen-bond donors (Lipinski definition) is 1. The van der Waals surface area contributed by atoms with Crippen LogP contribution in [0.2, 0.25) is 0 Å². The molecule has 0 radical (unpaired) electrons. The highest BCUT2D eigenvalue weighted by Gasteiger charge is 2.30. The van der Waals surface area contributed by atoms with Crippen LogP contribution in [0.25, 0.3) is 11.0 Å². The molecule has 1 N–H and O–H groups in total. The fourth-order valence-corrected chi connectivity index (χ4v) is 4.59. The number of fused-ring (bicyclic) bond motifs is 1. The second kappa shape index (κ2) is 7.29. The molecule has 5 nitrogen and oxygen atoms in total. The number of nitrogens with one attached hydrogen (secondary N) is 1. The van der Waals surface area contributed by atoms with Gasteiger partial charge < -0.3 is 14.8 Å². The molecule has 2 unspecified atom stereocenters. The van der Waals surface area contributed by atoms with Gasteiger partial charge in [-0.05, 0) is 43.7 Å². The lowest BCUT2D eigenvalue weighted by Crippen LogP contribution is -2.47.